The summed E-state index contributed by atoms with van der Waals surface area (Å²) in [5, 5.41) is 8.49. The Labute approximate surface area is 95.9 Å². The molecule has 1 rings (SSSR count). The molecule has 0 spiro atoms. The lowest BCUT2D eigenvalue weighted by molar-refractivity contribution is -0.125. The first-order valence-corrected chi connectivity index (χ1v) is 5.33. The van der Waals surface area contributed by atoms with Crippen LogP contribution in [0.15, 0.2) is 35.6 Å². The fourth-order valence-corrected chi connectivity index (χ4v) is 1.70. The van der Waals surface area contributed by atoms with Crippen LogP contribution in [-0.4, -0.2) is 29.6 Å². The van der Waals surface area contributed by atoms with E-state index in [1.54, 1.807) is 11.6 Å². The van der Waals surface area contributed by atoms with Crippen LogP contribution < -0.4 is 5.48 Å². The van der Waals surface area contributed by atoms with Gasteiger partial charge >= 0.3 is 0 Å². The second kappa shape index (κ2) is 6.12. The van der Waals surface area contributed by atoms with Crippen LogP contribution in [-0.2, 0) is 4.79 Å². The molecule has 0 radical (unpaired) electrons. The molecule has 0 unspecified atom stereocenters. The molecule has 0 atom stereocenters. The van der Waals surface area contributed by atoms with E-state index in [2.05, 4.69) is 4.90 Å². The standard InChI is InChI=1S/C12H18N2O2/c1-3-8-14(2)9-10-4-6-11(7-5-10)12(15)13-16/h3-4,6,8,16H,5,7,9H2,1-2H3,(H,13,15). The summed E-state index contributed by atoms with van der Waals surface area (Å²) in [5.74, 6) is -0.405. The van der Waals surface area contributed by atoms with Gasteiger partial charge in [0.15, 0.2) is 0 Å². The molecule has 4 heteroatoms. The molecular weight excluding hydrogens is 204 g/mol. The Balaban J connectivity index is 2.57. The fourth-order valence-electron chi connectivity index (χ4n) is 1.70. The maximum absolute atomic E-state index is 11.1. The number of amides is 1. The third-order valence-corrected chi connectivity index (χ3v) is 2.48. The number of likely N-dealkylation sites (N-methyl/N-ethyl adjacent to an activating group) is 1. The molecular formula is C12H18N2O2. The Kier molecular flexibility index (Phi) is 4.79. The Morgan fingerprint density at radius 2 is 2.31 bits per heavy atom. The third-order valence-electron chi connectivity index (χ3n) is 2.48. The van der Waals surface area contributed by atoms with Gasteiger partial charge in [-0.25, -0.2) is 5.48 Å². The molecule has 0 aliphatic heterocycles. The van der Waals surface area contributed by atoms with Crippen molar-refractivity contribution in [2.45, 2.75) is 19.8 Å². The zero-order chi connectivity index (χ0) is 12.0. The quantitative estimate of drug-likeness (QED) is 0.561. The molecule has 0 bridgehead atoms. The van der Waals surface area contributed by atoms with Crippen molar-refractivity contribution in [3.05, 3.63) is 35.6 Å². The van der Waals surface area contributed by atoms with E-state index < -0.39 is 5.91 Å². The van der Waals surface area contributed by atoms with Crippen molar-refractivity contribution in [3.8, 4) is 0 Å². The van der Waals surface area contributed by atoms with Gasteiger partial charge in [-0.3, -0.25) is 10.0 Å². The van der Waals surface area contributed by atoms with Crippen LogP contribution in [0.1, 0.15) is 19.8 Å². The largest absolute Gasteiger partial charge is 0.377 e. The number of nitrogens with zero attached hydrogens (tertiary/aromatic N) is 1. The lowest BCUT2D eigenvalue weighted by Gasteiger charge is -2.19. The van der Waals surface area contributed by atoms with E-state index in [1.165, 1.54) is 5.57 Å². The molecule has 0 heterocycles. The van der Waals surface area contributed by atoms with Crippen molar-refractivity contribution in [2.24, 2.45) is 0 Å². The highest BCUT2D eigenvalue weighted by Gasteiger charge is 2.12. The van der Waals surface area contributed by atoms with E-state index in [4.69, 9.17) is 5.21 Å². The second-order valence-electron chi connectivity index (χ2n) is 3.86. The van der Waals surface area contributed by atoms with Crippen LogP contribution in [0.4, 0.5) is 0 Å². The molecule has 4 nitrogen and oxygen atoms in total. The average molecular weight is 222 g/mol. The van der Waals surface area contributed by atoms with E-state index in [0.29, 0.717) is 12.0 Å². The van der Waals surface area contributed by atoms with Crippen molar-refractivity contribution in [2.75, 3.05) is 13.6 Å². The van der Waals surface area contributed by atoms with Gasteiger partial charge in [-0.05, 0) is 26.0 Å². The number of nitrogens with one attached hydrogen (secondary N) is 1. The highest BCUT2D eigenvalue weighted by Crippen LogP contribution is 2.18. The van der Waals surface area contributed by atoms with Gasteiger partial charge in [-0.2, -0.15) is 0 Å². The van der Waals surface area contributed by atoms with E-state index in [0.717, 1.165) is 13.0 Å². The predicted molar refractivity (Wildman–Crippen MR) is 62.8 cm³/mol. The highest BCUT2D eigenvalue weighted by molar-refractivity contribution is 5.93. The molecule has 88 valence electrons. The van der Waals surface area contributed by atoms with E-state index >= 15 is 0 Å². The predicted octanol–water partition coefficient (Wildman–Crippen LogP) is 1.60. The van der Waals surface area contributed by atoms with Gasteiger partial charge < -0.3 is 4.90 Å². The van der Waals surface area contributed by atoms with Crippen LogP contribution in [0.3, 0.4) is 0 Å². The summed E-state index contributed by atoms with van der Waals surface area (Å²) in [4.78, 5) is 13.2. The number of hydrogen-bond acceptors (Lipinski definition) is 3. The van der Waals surface area contributed by atoms with Crippen LogP contribution in [0.5, 0.6) is 0 Å². The molecule has 0 saturated carbocycles. The molecule has 1 aliphatic carbocycles. The van der Waals surface area contributed by atoms with Crippen LogP contribution in [0, 0.1) is 0 Å². The Morgan fingerprint density at radius 1 is 1.56 bits per heavy atom. The zero-order valence-corrected chi connectivity index (χ0v) is 9.73. The van der Waals surface area contributed by atoms with E-state index in [-0.39, 0.29) is 0 Å². The topological polar surface area (TPSA) is 52.6 Å². The van der Waals surface area contributed by atoms with E-state index in [1.807, 2.05) is 32.3 Å². The first-order chi connectivity index (χ1) is 7.67. The maximum Gasteiger partial charge on any atom is 0.270 e. The zero-order valence-electron chi connectivity index (χ0n) is 9.73. The summed E-state index contributed by atoms with van der Waals surface area (Å²) >= 11 is 0. The monoisotopic (exact) mass is 222 g/mol. The van der Waals surface area contributed by atoms with Crippen LogP contribution in [0.25, 0.3) is 0 Å². The van der Waals surface area contributed by atoms with Gasteiger partial charge in [0.25, 0.3) is 5.91 Å². The Hall–Kier alpha value is -1.55. The van der Waals surface area contributed by atoms with Crippen LogP contribution in [0.2, 0.25) is 0 Å². The SMILES string of the molecule is CC=CN(C)CC1=CC=C(C(=O)NO)CC1. The van der Waals surface area contributed by atoms with Gasteiger partial charge in [0.1, 0.15) is 0 Å². The number of allylic oxidation sites excluding steroid dienone is 3. The molecule has 0 aromatic rings. The van der Waals surface area contributed by atoms with Gasteiger partial charge in [-0.15, -0.1) is 0 Å². The minimum Gasteiger partial charge on any atom is -0.377 e. The van der Waals surface area contributed by atoms with Gasteiger partial charge in [0.05, 0.1) is 0 Å². The Bertz CT molecular complexity index is 343. The minimum atomic E-state index is -0.405. The summed E-state index contributed by atoms with van der Waals surface area (Å²) in [7, 11) is 2.01. The molecule has 0 fully saturated rings. The first-order valence-electron chi connectivity index (χ1n) is 5.33. The molecule has 0 saturated heterocycles. The van der Waals surface area contributed by atoms with Crippen molar-refractivity contribution in [1.82, 2.24) is 10.4 Å². The lowest BCUT2D eigenvalue weighted by atomic mass is 9.98. The number of carbonyl (C=O) groups excluding carboxylic acids is 1. The molecule has 1 aliphatic rings. The van der Waals surface area contributed by atoms with Crippen molar-refractivity contribution in [1.29, 1.82) is 0 Å². The van der Waals surface area contributed by atoms with Crippen molar-refractivity contribution in [3.63, 3.8) is 0 Å². The number of hydrogen-bond donors (Lipinski definition) is 2. The Morgan fingerprint density at radius 3 is 2.81 bits per heavy atom. The fraction of sp³-hybridized carbons (Fsp3) is 0.417. The van der Waals surface area contributed by atoms with Gasteiger partial charge in [0.2, 0.25) is 0 Å². The van der Waals surface area contributed by atoms with Crippen LogP contribution >= 0.6 is 0 Å². The first kappa shape index (κ1) is 12.5. The summed E-state index contributed by atoms with van der Waals surface area (Å²) in [5.41, 5.74) is 3.56. The smallest absolute Gasteiger partial charge is 0.270 e. The average Bonchev–Trinajstić information content (AvgIpc) is 2.29. The molecule has 16 heavy (non-hydrogen) atoms. The van der Waals surface area contributed by atoms with Gasteiger partial charge in [-0.1, -0.05) is 23.8 Å². The molecule has 2 N–H and O–H groups in total. The normalized spacial score (nSPS) is 15.7. The molecule has 0 aromatic heterocycles. The number of hydroxylamine groups is 1. The molecule has 1 amide bonds. The summed E-state index contributed by atoms with van der Waals surface area (Å²) in [6, 6.07) is 0. The highest BCUT2D eigenvalue weighted by atomic mass is 16.5. The van der Waals surface area contributed by atoms with Crippen molar-refractivity contribution >= 4 is 5.91 Å². The van der Waals surface area contributed by atoms with Crippen molar-refractivity contribution < 1.29 is 10.0 Å². The molecule has 0 aromatic carbocycles. The number of carbonyl (C=O) groups is 1. The minimum absolute atomic E-state index is 0.405. The third kappa shape index (κ3) is 3.55. The summed E-state index contributed by atoms with van der Waals surface area (Å²) in [6.45, 7) is 2.85. The summed E-state index contributed by atoms with van der Waals surface area (Å²) in [6.07, 6.45) is 9.27. The van der Waals surface area contributed by atoms with Gasteiger partial charge in [0, 0.05) is 19.2 Å². The number of rotatable bonds is 4. The second-order valence-corrected chi connectivity index (χ2v) is 3.86. The van der Waals surface area contributed by atoms with E-state index in [9.17, 15) is 4.79 Å². The maximum atomic E-state index is 11.1. The lowest BCUT2D eigenvalue weighted by Crippen LogP contribution is -2.22. The summed E-state index contributed by atoms with van der Waals surface area (Å²) < 4.78 is 0.